The average molecular weight is 265 g/mol. The van der Waals surface area contributed by atoms with Crippen molar-refractivity contribution in [3.05, 3.63) is 50.7 Å². The molecule has 88 valence electrons. The Bertz CT molecular complexity index is 550. The molecular formula is C13H13ClN2S. The summed E-state index contributed by atoms with van der Waals surface area (Å²) in [6, 6.07) is 10.2. The number of fused-ring (bicyclic) bond motifs is 1. The largest absolute Gasteiger partial charge is 0.398 e. The minimum Gasteiger partial charge on any atom is -0.398 e. The van der Waals surface area contributed by atoms with Crippen molar-refractivity contribution < 1.29 is 0 Å². The molecule has 4 heteroatoms. The summed E-state index contributed by atoms with van der Waals surface area (Å²) in [4.78, 5) is 3.70. The van der Waals surface area contributed by atoms with Gasteiger partial charge in [-0.25, -0.2) is 0 Å². The lowest BCUT2D eigenvalue weighted by molar-refractivity contribution is 0.278. The van der Waals surface area contributed by atoms with Crippen molar-refractivity contribution in [2.24, 2.45) is 0 Å². The Kier molecular flexibility index (Phi) is 2.82. The van der Waals surface area contributed by atoms with Crippen LogP contribution in [0.2, 0.25) is 4.34 Å². The van der Waals surface area contributed by atoms with E-state index in [2.05, 4.69) is 17.0 Å². The molecule has 0 spiro atoms. The summed E-state index contributed by atoms with van der Waals surface area (Å²) >= 11 is 7.59. The van der Waals surface area contributed by atoms with Gasteiger partial charge >= 0.3 is 0 Å². The zero-order chi connectivity index (χ0) is 11.8. The van der Waals surface area contributed by atoms with Crippen LogP contribution in [0, 0.1) is 0 Å². The summed E-state index contributed by atoms with van der Waals surface area (Å²) in [6.07, 6.45) is 0. The molecule has 1 aliphatic heterocycles. The van der Waals surface area contributed by atoms with E-state index in [0.717, 1.165) is 29.7 Å². The van der Waals surface area contributed by atoms with Gasteiger partial charge in [-0.2, -0.15) is 0 Å². The first-order valence-corrected chi connectivity index (χ1v) is 6.74. The van der Waals surface area contributed by atoms with Crippen molar-refractivity contribution in [2.75, 3.05) is 5.73 Å². The molecule has 0 amide bonds. The standard InChI is InChI=1S/C13H13ClN2S/c14-13-5-4-10(17-13)7-16-6-9-2-1-3-12(15)11(9)8-16/h1-5H,6-8,15H2. The Labute approximate surface area is 110 Å². The lowest BCUT2D eigenvalue weighted by Crippen LogP contribution is -2.14. The monoisotopic (exact) mass is 264 g/mol. The number of nitrogens with two attached hydrogens (primary N) is 1. The Morgan fingerprint density at radius 1 is 1.24 bits per heavy atom. The van der Waals surface area contributed by atoms with Gasteiger partial charge in [0.2, 0.25) is 0 Å². The predicted molar refractivity (Wildman–Crippen MR) is 73.1 cm³/mol. The molecule has 3 rings (SSSR count). The van der Waals surface area contributed by atoms with E-state index in [0.29, 0.717) is 0 Å². The highest BCUT2D eigenvalue weighted by Gasteiger charge is 2.20. The van der Waals surface area contributed by atoms with Gasteiger partial charge < -0.3 is 5.73 Å². The maximum atomic E-state index is 5.99. The normalized spacial score (nSPS) is 15.1. The number of nitrogen functional groups attached to an aromatic ring is 1. The van der Waals surface area contributed by atoms with Gasteiger partial charge in [-0.15, -0.1) is 11.3 Å². The van der Waals surface area contributed by atoms with Crippen LogP contribution in [0.15, 0.2) is 30.3 Å². The molecule has 1 aromatic heterocycles. The lowest BCUT2D eigenvalue weighted by Gasteiger charge is -2.12. The third kappa shape index (κ3) is 2.18. The van der Waals surface area contributed by atoms with Gasteiger partial charge in [0.1, 0.15) is 0 Å². The summed E-state index contributed by atoms with van der Waals surface area (Å²) in [5, 5.41) is 0. The molecule has 2 heterocycles. The molecule has 2 N–H and O–H groups in total. The number of nitrogens with zero attached hydrogens (tertiary/aromatic N) is 1. The molecule has 1 aromatic carbocycles. The highest BCUT2D eigenvalue weighted by molar-refractivity contribution is 7.16. The number of benzene rings is 1. The maximum Gasteiger partial charge on any atom is 0.0931 e. The zero-order valence-corrected chi connectivity index (χ0v) is 10.9. The molecule has 0 saturated carbocycles. The second-order valence-corrected chi connectivity index (χ2v) is 6.14. The first-order chi connectivity index (χ1) is 8.22. The number of anilines is 1. The molecule has 0 aliphatic carbocycles. The second kappa shape index (κ2) is 4.33. The van der Waals surface area contributed by atoms with Crippen LogP contribution in [-0.4, -0.2) is 4.90 Å². The van der Waals surface area contributed by atoms with E-state index < -0.39 is 0 Å². The summed E-state index contributed by atoms with van der Waals surface area (Å²) < 4.78 is 0.858. The van der Waals surface area contributed by atoms with Crippen LogP contribution in [0.5, 0.6) is 0 Å². The number of hydrogen-bond donors (Lipinski definition) is 1. The molecule has 0 saturated heterocycles. The molecule has 17 heavy (non-hydrogen) atoms. The smallest absolute Gasteiger partial charge is 0.0931 e. The Morgan fingerprint density at radius 2 is 2.12 bits per heavy atom. The van der Waals surface area contributed by atoms with Gasteiger partial charge in [0.25, 0.3) is 0 Å². The van der Waals surface area contributed by atoms with Crippen LogP contribution in [0.25, 0.3) is 0 Å². The summed E-state index contributed by atoms with van der Waals surface area (Å²) in [5.41, 5.74) is 9.54. The van der Waals surface area contributed by atoms with Crippen molar-refractivity contribution in [2.45, 2.75) is 19.6 Å². The van der Waals surface area contributed by atoms with E-state index in [4.69, 9.17) is 17.3 Å². The minimum atomic E-state index is 0.858. The molecule has 0 bridgehead atoms. The van der Waals surface area contributed by atoms with Crippen molar-refractivity contribution in [3.8, 4) is 0 Å². The van der Waals surface area contributed by atoms with Gasteiger partial charge in [0.15, 0.2) is 0 Å². The SMILES string of the molecule is Nc1cccc2c1CN(Cc1ccc(Cl)s1)C2. The fourth-order valence-corrected chi connectivity index (χ4v) is 3.41. The van der Waals surface area contributed by atoms with Crippen molar-refractivity contribution in [3.63, 3.8) is 0 Å². The summed E-state index contributed by atoms with van der Waals surface area (Å²) in [6.45, 7) is 2.87. The van der Waals surface area contributed by atoms with Gasteiger partial charge in [0.05, 0.1) is 4.34 Å². The van der Waals surface area contributed by atoms with Gasteiger partial charge in [-0.1, -0.05) is 23.7 Å². The number of rotatable bonds is 2. The topological polar surface area (TPSA) is 29.3 Å². The minimum absolute atomic E-state index is 0.858. The Hall–Kier alpha value is -1.03. The number of hydrogen-bond acceptors (Lipinski definition) is 3. The van der Waals surface area contributed by atoms with E-state index in [1.807, 2.05) is 18.2 Å². The molecule has 2 nitrogen and oxygen atoms in total. The van der Waals surface area contributed by atoms with Gasteiger partial charge in [0, 0.05) is 30.2 Å². The van der Waals surface area contributed by atoms with Gasteiger partial charge in [-0.05, 0) is 29.3 Å². The molecule has 0 radical (unpaired) electrons. The Balaban J connectivity index is 1.76. The van der Waals surface area contributed by atoms with Crippen LogP contribution in [-0.2, 0) is 19.6 Å². The fourth-order valence-electron chi connectivity index (χ4n) is 2.28. The van der Waals surface area contributed by atoms with Crippen LogP contribution in [0.3, 0.4) is 0 Å². The van der Waals surface area contributed by atoms with E-state index in [1.165, 1.54) is 16.0 Å². The number of halogens is 1. The zero-order valence-electron chi connectivity index (χ0n) is 9.32. The molecule has 0 fully saturated rings. The van der Waals surface area contributed by atoms with Crippen LogP contribution in [0.1, 0.15) is 16.0 Å². The van der Waals surface area contributed by atoms with Crippen LogP contribution >= 0.6 is 22.9 Å². The third-order valence-electron chi connectivity index (χ3n) is 3.09. The molecular weight excluding hydrogens is 252 g/mol. The highest BCUT2D eigenvalue weighted by atomic mass is 35.5. The molecule has 1 aliphatic rings. The van der Waals surface area contributed by atoms with E-state index in [9.17, 15) is 0 Å². The summed E-state index contributed by atoms with van der Waals surface area (Å²) in [7, 11) is 0. The molecule has 0 atom stereocenters. The number of thiophene rings is 1. The second-order valence-electron chi connectivity index (χ2n) is 4.34. The van der Waals surface area contributed by atoms with Crippen LogP contribution < -0.4 is 5.73 Å². The lowest BCUT2D eigenvalue weighted by atomic mass is 10.1. The first-order valence-electron chi connectivity index (χ1n) is 5.55. The van der Waals surface area contributed by atoms with Crippen molar-refractivity contribution in [1.29, 1.82) is 0 Å². The van der Waals surface area contributed by atoms with Crippen molar-refractivity contribution >= 4 is 28.6 Å². The first kappa shape index (κ1) is 11.1. The average Bonchev–Trinajstić information content (AvgIpc) is 2.86. The quantitative estimate of drug-likeness (QED) is 0.842. The maximum absolute atomic E-state index is 5.99. The van der Waals surface area contributed by atoms with Crippen molar-refractivity contribution in [1.82, 2.24) is 4.90 Å². The predicted octanol–water partition coefficient (Wildman–Crippen LogP) is 3.50. The van der Waals surface area contributed by atoms with Crippen LogP contribution in [0.4, 0.5) is 5.69 Å². The van der Waals surface area contributed by atoms with E-state index in [1.54, 1.807) is 11.3 Å². The van der Waals surface area contributed by atoms with E-state index >= 15 is 0 Å². The Morgan fingerprint density at radius 3 is 2.82 bits per heavy atom. The molecule has 0 unspecified atom stereocenters. The van der Waals surface area contributed by atoms with Gasteiger partial charge in [-0.3, -0.25) is 4.90 Å². The van der Waals surface area contributed by atoms with E-state index in [-0.39, 0.29) is 0 Å². The summed E-state index contributed by atoms with van der Waals surface area (Å²) in [5.74, 6) is 0. The fraction of sp³-hybridized carbons (Fsp3) is 0.231. The highest BCUT2D eigenvalue weighted by Crippen LogP contribution is 2.30. The molecule has 2 aromatic rings. The third-order valence-corrected chi connectivity index (χ3v) is 4.31.